The maximum absolute atomic E-state index is 6.68. The molecule has 2 nitrogen and oxygen atoms in total. The number of allylic oxidation sites excluding steroid dienone is 1. The van der Waals surface area contributed by atoms with Gasteiger partial charge in [0, 0.05) is 12.8 Å². The maximum Gasteiger partial charge on any atom is 0.0177 e. The fourth-order valence-corrected chi connectivity index (χ4v) is 0.448. The Bertz CT molecular complexity index is 88.7. The lowest BCUT2D eigenvalue weighted by Crippen LogP contribution is -2.01. The van der Waals surface area contributed by atoms with Gasteiger partial charge >= 0.3 is 0 Å². The molecule has 0 aromatic heterocycles. The van der Waals surface area contributed by atoms with Crippen LogP contribution in [-0.2, 0) is 0 Å². The van der Waals surface area contributed by atoms with Crippen molar-refractivity contribution in [2.24, 2.45) is 5.73 Å². The molecule has 0 spiro atoms. The van der Waals surface area contributed by atoms with Crippen molar-refractivity contribution in [1.82, 2.24) is 0 Å². The first-order valence-electron chi connectivity index (χ1n) is 2.73. The predicted molar refractivity (Wildman–Crippen MR) is 36.2 cm³/mol. The average molecular weight is 112 g/mol. The zero-order valence-electron chi connectivity index (χ0n) is 5.15. The number of hydrogen-bond donors (Lipinski definition) is 2. The van der Waals surface area contributed by atoms with Crippen LogP contribution in [0.15, 0.2) is 11.6 Å². The van der Waals surface area contributed by atoms with Crippen molar-refractivity contribution in [3.05, 3.63) is 11.6 Å². The van der Waals surface area contributed by atoms with Gasteiger partial charge < -0.3 is 11.1 Å². The minimum atomic E-state index is 0.575. The summed E-state index contributed by atoms with van der Waals surface area (Å²) in [4.78, 5) is 0. The summed E-state index contributed by atoms with van der Waals surface area (Å²) in [7, 11) is 0. The van der Waals surface area contributed by atoms with Gasteiger partial charge in [0.15, 0.2) is 0 Å². The summed E-state index contributed by atoms with van der Waals surface area (Å²) in [5.41, 5.74) is 6.42. The van der Waals surface area contributed by atoms with Crippen molar-refractivity contribution < 1.29 is 0 Å². The molecule has 0 aliphatic carbocycles. The van der Waals surface area contributed by atoms with Crippen molar-refractivity contribution >= 4 is 6.21 Å². The molecule has 0 atom stereocenters. The van der Waals surface area contributed by atoms with Gasteiger partial charge in [-0.3, -0.25) is 0 Å². The first-order chi connectivity index (χ1) is 3.85. The van der Waals surface area contributed by atoms with E-state index in [1.807, 2.05) is 6.92 Å². The lowest BCUT2D eigenvalue weighted by Gasteiger charge is -1.93. The van der Waals surface area contributed by atoms with Crippen molar-refractivity contribution in [2.45, 2.75) is 13.3 Å². The highest BCUT2D eigenvalue weighted by atomic mass is 14.5. The first kappa shape index (κ1) is 7.37. The van der Waals surface area contributed by atoms with E-state index in [0.29, 0.717) is 6.54 Å². The molecule has 0 bridgehead atoms. The fourth-order valence-electron chi connectivity index (χ4n) is 0.448. The quantitative estimate of drug-likeness (QED) is 0.524. The van der Waals surface area contributed by atoms with Crippen LogP contribution in [0.4, 0.5) is 0 Å². The van der Waals surface area contributed by atoms with E-state index < -0.39 is 0 Å². The second kappa shape index (κ2) is 4.53. The zero-order valence-corrected chi connectivity index (χ0v) is 5.15. The van der Waals surface area contributed by atoms with Crippen LogP contribution in [0.5, 0.6) is 0 Å². The summed E-state index contributed by atoms with van der Waals surface area (Å²) in [6.07, 6.45) is 3.96. The van der Waals surface area contributed by atoms with Gasteiger partial charge in [0.1, 0.15) is 0 Å². The molecule has 0 aromatic carbocycles. The Balaban J connectivity index is 3.66. The highest BCUT2D eigenvalue weighted by Gasteiger charge is 1.84. The molecule has 0 fully saturated rings. The standard InChI is InChI=1S/C6H12N2/c1-2-6(5-8)3-4-7/h3-4,7H,2,5,8H2,1H3/b6-3+,7-4?. The van der Waals surface area contributed by atoms with Crippen LogP contribution >= 0.6 is 0 Å². The fraction of sp³-hybridized carbons (Fsp3) is 0.500. The third kappa shape index (κ3) is 2.53. The van der Waals surface area contributed by atoms with Gasteiger partial charge in [-0.1, -0.05) is 12.5 Å². The Morgan fingerprint density at radius 2 is 2.38 bits per heavy atom. The summed E-state index contributed by atoms with van der Waals surface area (Å²) in [5, 5.41) is 6.68. The van der Waals surface area contributed by atoms with E-state index in [-0.39, 0.29) is 0 Å². The van der Waals surface area contributed by atoms with Gasteiger partial charge in [0.2, 0.25) is 0 Å². The summed E-state index contributed by atoms with van der Waals surface area (Å²) in [6.45, 7) is 2.61. The molecular formula is C6H12N2. The Morgan fingerprint density at radius 1 is 1.75 bits per heavy atom. The molecule has 3 N–H and O–H groups in total. The molecular weight excluding hydrogens is 100 g/mol. The van der Waals surface area contributed by atoms with Gasteiger partial charge in [-0.05, 0) is 12.5 Å². The first-order valence-corrected chi connectivity index (χ1v) is 2.73. The molecule has 0 radical (unpaired) electrons. The topological polar surface area (TPSA) is 49.9 Å². The molecule has 46 valence electrons. The van der Waals surface area contributed by atoms with Gasteiger partial charge in [-0.15, -0.1) is 0 Å². The summed E-state index contributed by atoms with van der Waals surface area (Å²) in [5.74, 6) is 0. The lowest BCUT2D eigenvalue weighted by atomic mass is 10.2. The molecule has 0 heterocycles. The van der Waals surface area contributed by atoms with Crippen LogP contribution in [0.25, 0.3) is 0 Å². The number of rotatable bonds is 3. The van der Waals surface area contributed by atoms with Crippen LogP contribution in [0.3, 0.4) is 0 Å². The molecule has 8 heavy (non-hydrogen) atoms. The monoisotopic (exact) mass is 112 g/mol. The van der Waals surface area contributed by atoms with E-state index in [1.165, 1.54) is 6.21 Å². The van der Waals surface area contributed by atoms with E-state index in [0.717, 1.165) is 12.0 Å². The lowest BCUT2D eigenvalue weighted by molar-refractivity contribution is 1.01. The molecule has 0 aromatic rings. The van der Waals surface area contributed by atoms with E-state index in [4.69, 9.17) is 11.1 Å². The largest absolute Gasteiger partial charge is 0.327 e. The minimum absolute atomic E-state index is 0.575. The number of nitrogens with one attached hydrogen (secondary N) is 1. The molecule has 2 heteroatoms. The Hall–Kier alpha value is -0.630. The zero-order chi connectivity index (χ0) is 6.41. The molecule has 0 saturated heterocycles. The average Bonchev–Trinajstić information content (AvgIpc) is 1.83. The van der Waals surface area contributed by atoms with Crippen LogP contribution < -0.4 is 5.73 Å². The maximum atomic E-state index is 6.68. The summed E-state index contributed by atoms with van der Waals surface area (Å²) in [6, 6.07) is 0. The van der Waals surface area contributed by atoms with Gasteiger partial charge in [-0.25, -0.2) is 0 Å². The van der Waals surface area contributed by atoms with Crippen molar-refractivity contribution in [2.75, 3.05) is 6.54 Å². The van der Waals surface area contributed by atoms with Gasteiger partial charge in [0.25, 0.3) is 0 Å². The molecule has 0 amide bonds. The molecule has 0 rings (SSSR count). The van der Waals surface area contributed by atoms with Crippen molar-refractivity contribution in [3.63, 3.8) is 0 Å². The Kier molecular flexibility index (Phi) is 4.17. The Morgan fingerprint density at radius 3 is 2.50 bits per heavy atom. The van der Waals surface area contributed by atoms with Crippen LogP contribution in [-0.4, -0.2) is 12.8 Å². The summed E-state index contributed by atoms with van der Waals surface area (Å²) >= 11 is 0. The van der Waals surface area contributed by atoms with Crippen LogP contribution in [0.1, 0.15) is 13.3 Å². The third-order valence-corrected chi connectivity index (χ3v) is 1.04. The SMILES string of the molecule is CC/C(=C\C=N)CN. The second-order valence-corrected chi connectivity index (χ2v) is 1.55. The van der Waals surface area contributed by atoms with E-state index in [2.05, 4.69) is 0 Å². The highest BCUT2D eigenvalue weighted by Crippen LogP contribution is 1.93. The van der Waals surface area contributed by atoms with E-state index in [1.54, 1.807) is 6.08 Å². The smallest absolute Gasteiger partial charge is 0.0177 e. The van der Waals surface area contributed by atoms with Crippen molar-refractivity contribution in [1.29, 1.82) is 5.41 Å². The van der Waals surface area contributed by atoms with Gasteiger partial charge in [0.05, 0.1) is 0 Å². The minimum Gasteiger partial charge on any atom is -0.327 e. The van der Waals surface area contributed by atoms with Crippen LogP contribution in [0.2, 0.25) is 0 Å². The molecule has 0 aliphatic rings. The molecule has 0 aliphatic heterocycles. The molecule has 0 unspecified atom stereocenters. The van der Waals surface area contributed by atoms with E-state index in [9.17, 15) is 0 Å². The van der Waals surface area contributed by atoms with Crippen molar-refractivity contribution in [3.8, 4) is 0 Å². The van der Waals surface area contributed by atoms with Gasteiger partial charge in [-0.2, -0.15) is 0 Å². The van der Waals surface area contributed by atoms with E-state index >= 15 is 0 Å². The predicted octanol–water partition coefficient (Wildman–Crippen LogP) is 0.931. The summed E-state index contributed by atoms with van der Waals surface area (Å²) < 4.78 is 0. The van der Waals surface area contributed by atoms with Crippen LogP contribution in [0, 0.1) is 5.41 Å². The third-order valence-electron chi connectivity index (χ3n) is 1.04. The normalized spacial score (nSPS) is 11.5. The Labute approximate surface area is 49.9 Å². The second-order valence-electron chi connectivity index (χ2n) is 1.55. The molecule has 0 saturated carbocycles. The number of nitrogens with two attached hydrogens (primary N) is 1. The highest BCUT2D eigenvalue weighted by molar-refractivity contribution is 5.68. The number of hydrogen-bond acceptors (Lipinski definition) is 2.